The largest absolute Gasteiger partial charge is 0.484 e. The van der Waals surface area contributed by atoms with E-state index < -0.39 is 17.6 Å². The number of carbonyl (C=O) groups is 1. The molecule has 0 radical (unpaired) electrons. The Balaban J connectivity index is 1.64. The second-order valence-corrected chi connectivity index (χ2v) is 6.12. The van der Waals surface area contributed by atoms with Crippen molar-refractivity contribution in [1.29, 1.82) is 0 Å². The van der Waals surface area contributed by atoms with Crippen molar-refractivity contribution in [2.75, 3.05) is 11.9 Å². The third kappa shape index (κ3) is 4.60. The molecular formula is C18H13F3N2O2S. The lowest BCUT2D eigenvalue weighted by atomic mass is 10.1. The number of para-hydroxylation sites is 1. The molecule has 0 aliphatic rings. The molecule has 1 heterocycles. The summed E-state index contributed by atoms with van der Waals surface area (Å²) in [5.74, 6) is 0.158. The zero-order valence-electron chi connectivity index (χ0n) is 13.3. The minimum absolute atomic E-state index is 0.192. The number of ether oxygens (including phenoxy) is 1. The van der Waals surface area contributed by atoms with Gasteiger partial charge in [0.1, 0.15) is 5.75 Å². The Morgan fingerprint density at radius 3 is 2.62 bits per heavy atom. The van der Waals surface area contributed by atoms with E-state index >= 15 is 0 Å². The number of carbonyl (C=O) groups excluding carboxylic acids is 1. The van der Waals surface area contributed by atoms with Gasteiger partial charge in [-0.15, -0.1) is 11.3 Å². The fraction of sp³-hybridized carbons (Fsp3) is 0.111. The van der Waals surface area contributed by atoms with Gasteiger partial charge in [0.2, 0.25) is 0 Å². The molecule has 1 amide bonds. The van der Waals surface area contributed by atoms with Gasteiger partial charge in [-0.1, -0.05) is 30.3 Å². The summed E-state index contributed by atoms with van der Waals surface area (Å²) in [6.45, 7) is -0.192. The quantitative estimate of drug-likeness (QED) is 0.691. The lowest BCUT2D eigenvalue weighted by Crippen LogP contribution is -2.20. The Kier molecular flexibility index (Phi) is 5.22. The molecular weight excluding hydrogens is 365 g/mol. The summed E-state index contributed by atoms with van der Waals surface area (Å²) in [6.07, 6.45) is -4.42. The Bertz CT molecular complexity index is 895. The van der Waals surface area contributed by atoms with E-state index in [0.717, 1.165) is 23.5 Å². The van der Waals surface area contributed by atoms with E-state index in [1.807, 2.05) is 6.07 Å². The average Bonchev–Trinajstić information content (AvgIpc) is 3.09. The van der Waals surface area contributed by atoms with Crippen LogP contribution in [0.25, 0.3) is 11.3 Å². The summed E-state index contributed by atoms with van der Waals surface area (Å²) in [5.41, 5.74) is -0.0534. The van der Waals surface area contributed by atoms with E-state index in [1.165, 1.54) is 12.1 Å². The fourth-order valence-corrected chi connectivity index (χ4v) is 2.88. The van der Waals surface area contributed by atoms with Crippen molar-refractivity contribution in [1.82, 2.24) is 4.98 Å². The average molecular weight is 378 g/mol. The fourth-order valence-electron chi connectivity index (χ4n) is 2.14. The Hall–Kier alpha value is -2.87. The van der Waals surface area contributed by atoms with Crippen molar-refractivity contribution in [3.63, 3.8) is 0 Å². The molecule has 26 heavy (non-hydrogen) atoms. The maximum atomic E-state index is 12.8. The highest BCUT2D eigenvalue weighted by Gasteiger charge is 2.30. The highest BCUT2D eigenvalue weighted by Crippen LogP contribution is 2.33. The van der Waals surface area contributed by atoms with Gasteiger partial charge >= 0.3 is 6.18 Å². The smallest absolute Gasteiger partial charge is 0.416 e. The number of anilines is 1. The van der Waals surface area contributed by atoms with Gasteiger partial charge in [0.25, 0.3) is 5.91 Å². The van der Waals surface area contributed by atoms with Crippen molar-refractivity contribution in [3.8, 4) is 17.0 Å². The molecule has 134 valence electrons. The summed E-state index contributed by atoms with van der Waals surface area (Å²) < 4.78 is 43.7. The number of nitrogens with zero attached hydrogens (tertiary/aromatic N) is 1. The van der Waals surface area contributed by atoms with Crippen LogP contribution < -0.4 is 10.1 Å². The Morgan fingerprint density at radius 2 is 1.88 bits per heavy atom. The zero-order chi connectivity index (χ0) is 18.6. The van der Waals surface area contributed by atoms with Gasteiger partial charge in [0, 0.05) is 10.9 Å². The first kappa shape index (κ1) is 17.9. The Labute approximate surface area is 151 Å². The number of hydrogen-bond acceptors (Lipinski definition) is 4. The minimum Gasteiger partial charge on any atom is -0.484 e. The number of rotatable bonds is 5. The number of thiazole rings is 1. The maximum Gasteiger partial charge on any atom is 0.416 e. The number of amides is 1. The van der Waals surface area contributed by atoms with Crippen LogP contribution >= 0.6 is 11.3 Å². The van der Waals surface area contributed by atoms with E-state index in [9.17, 15) is 18.0 Å². The van der Waals surface area contributed by atoms with Gasteiger partial charge in [0.15, 0.2) is 11.7 Å². The van der Waals surface area contributed by atoms with Crippen molar-refractivity contribution in [2.45, 2.75) is 6.18 Å². The van der Waals surface area contributed by atoms with Crippen molar-refractivity contribution in [3.05, 3.63) is 65.5 Å². The molecule has 0 aliphatic heterocycles. The van der Waals surface area contributed by atoms with Crippen LogP contribution in [0.5, 0.6) is 5.75 Å². The molecule has 0 bridgehead atoms. The van der Waals surface area contributed by atoms with Crippen molar-refractivity contribution in [2.24, 2.45) is 0 Å². The van der Waals surface area contributed by atoms with E-state index in [-0.39, 0.29) is 6.61 Å². The third-order valence-corrected chi connectivity index (χ3v) is 4.11. The lowest BCUT2D eigenvalue weighted by molar-refractivity contribution is -0.137. The summed E-state index contributed by atoms with van der Waals surface area (Å²) in [4.78, 5) is 16.1. The lowest BCUT2D eigenvalue weighted by Gasteiger charge is -2.07. The summed E-state index contributed by atoms with van der Waals surface area (Å²) >= 11 is 1.13. The van der Waals surface area contributed by atoms with Crippen LogP contribution in [0.15, 0.2) is 60.0 Å². The van der Waals surface area contributed by atoms with Gasteiger partial charge in [-0.2, -0.15) is 13.2 Å². The molecule has 2 aromatic carbocycles. The number of hydrogen-bond donors (Lipinski definition) is 1. The molecule has 0 fully saturated rings. The van der Waals surface area contributed by atoms with Crippen LogP contribution in [-0.4, -0.2) is 17.5 Å². The predicted molar refractivity (Wildman–Crippen MR) is 93.1 cm³/mol. The predicted octanol–water partition coefficient (Wildman–Crippen LogP) is 4.85. The minimum atomic E-state index is -4.42. The summed E-state index contributed by atoms with van der Waals surface area (Å²) in [5, 5.41) is 4.45. The van der Waals surface area contributed by atoms with Crippen LogP contribution in [0.2, 0.25) is 0 Å². The first-order valence-corrected chi connectivity index (χ1v) is 8.40. The van der Waals surface area contributed by atoms with Gasteiger partial charge in [-0.25, -0.2) is 4.98 Å². The molecule has 3 rings (SSSR count). The molecule has 0 saturated heterocycles. The number of nitrogens with one attached hydrogen (secondary N) is 1. The molecule has 1 aromatic heterocycles. The van der Waals surface area contributed by atoms with Crippen LogP contribution in [0.4, 0.5) is 18.3 Å². The van der Waals surface area contributed by atoms with Crippen LogP contribution in [0.1, 0.15) is 5.56 Å². The topological polar surface area (TPSA) is 51.2 Å². The van der Waals surface area contributed by atoms with Crippen LogP contribution in [0, 0.1) is 0 Å². The van der Waals surface area contributed by atoms with Crippen LogP contribution in [0.3, 0.4) is 0 Å². The SMILES string of the molecule is O=C(COc1ccccc1)Nc1nc(-c2cccc(C(F)(F)F)c2)cs1. The summed E-state index contributed by atoms with van der Waals surface area (Å²) in [7, 11) is 0. The molecule has 0 unspecified atom stereocenters. The molecule has 1 N–H and O–H groups in total. The molecule has 0 saturated carbocycles. The van der Waals surface area contributed by atoms with Gasteiger partial charge in [-0.3, -0.25) is 10.1 Å². The highest BCUT2D eigenvalue weighted by atomic mass is 32.1. The maximum absolute atomic E-state index is 12.8. The Morgan fingerprint density at radius 1 is 1.12 bits per heavy atom. The van der Waals surface area contributed by atoms with Gasteiger partial charge < -0.3 is 4.74 Å². The van der Waals surface area contributed by atoms with E-state index in [4.69, 9.17) is 4.74 Å². The summed E-state index contributed by atoms with van der Waals surface area (Å²) in [6, 6.07) is 13.7. The second-order valence-electron chi connectivity index (χ2n) is 5.27. The van der Waals surface area contributed by atoms with E-state index in [0.29, 0.717) is 22.1 Å². The number of aromatic nitrogens is 1. The molecule has 0 atom stereocenters. The van der Waals surface area contributed by atoms with Crippen LogP contribution in [-0.2, 0) is 11.0 Å². The first-order chi connectivity index (χ1) is 12.4. The molecule has 8 heteroatoms. The van der Waals surface area contributed by atoms with E-state index in [2.05, 4.69) is 10.3 Å². The van der Waals surface area contributed by atoms with Crippen molar-refractivity contribution >= 4 is 22.4 Å². The van der Waals surface area contributed by atoms with Gasteiger partial charge in [-0.05, 0) is 24.3 Å². The number of alkyl halides is 3. The second kappa shape index (κ2) is 7.57. The molecule has 4 nitrogen and oxygen atoms in total. The monoisotopic (exact) mass is 378 g/mol. The highest BCUT2D eigenvalue weighted by molar-refractivity contribution is 7.14. The standard InChI is InChI=1S/C18H13F3N2O2S/c19-18(20,21)13-6-4-5-12(9-13)15-11-26-17(22-15)23-16(24)10-25-14-7-2-1-3-8-14/h1-9,11H,10H2,(H,22,23,24). The van der Waals surface area contributed by atoms with E-state index in [1.54, 1.807) is 29.6 Å². The molecule has 0 aliphatic carbocycles. The molecule has 3 aromatic rings. The number of halogens is 3. The normalized spacial score (nSPS) is 11.2. The molecule has 0 spiro atoms. The number of benzene rings is 2. The zero-order valence-corrected chi connectivity index (χ0v) is 14.1. The third-order valence-electron chi connectivity index (χ3n) is 3.35. The first-order valence-electron chi connectivity index (χ1n) is 7.53. The van der Waals surface area contributed by atoms with Crippen molar-refractivity contribution < 1.29 is 22.7 Å². The van der Waals surface area contributed by atoms with Gasteiger partial charge in [0.05, 0.1) is 11.3 Å².